The molecule has 0 amide bonds. The number of H-pyrrole nitrogens is 1. The zero-order valence-electron chi connectivity index (χ0n) is 9.46. The molecule has 3 N–H and O–H groups in total. The van der Waals surface area contributed by atoms with Crippen molar-refractivity contribution < 1.29 is 9.53 Å². The Kier molecular flexibility index (Phi) is 3.91. The maximum Gasteiger partial charge on any atom is 0.306 e. The van der Waals surface area contributed by atoms with E-state index in [0.717, 1.165) is 17.0 Å². The molecule has 84 valence electrons. The molecule has 1 aromatic rings. The quantitative estimate of drug-likeness (QED) is 0.734. The fourth-order valence-corrected chi connectivity index (χ4v) is 1.77. The Morgan fingerprint density at radius 2 is 2.27 bits per heavy atom. The summed E-state index contributed by atoms with van der Waals surface area (Å²) in [5.41, 5.74) is 8.94. The molecule has 0 saturated carbocycles. The highest BCUT2D eigenvalue weighted by atomic mass is 16.5. The fraction of sp³-hybridized carbons (Fsp3) is 0.545. The van der Waals surface area contributed by atoms with Crippen LogP contribution in [0.15, 0.2) is 6.07 Å². The Balaban J connectivity index is 2.82. The van der Waals surface area contributed by atoms with E-state index in [1.54, 1.807) is 0 Å². The summed E-state index contributed by atoms with van der Waals surface area (Å²) in [4.78, 5) is 14.4. The van der Waals surface area contributed by atoms with Gasteiger partial charge in [0.1, 0.15) is 0 Å². The summed E-state index contributed by atoms with van der Waals surface area (Å²) < 4.78 is 4.65. The van der Waals surface area contributed by atoms with E-state index in [0.29, 0.717) is 13.0 Å². The molecule has 0 aliphatic heterocycles. The Labute approximate surface area is 89.8 Å². The van der Waals surface area contributed by atoms with Crippen LogP contribution in [0.25, 0.3) is 0 Å². The van der Waals surface area contributed by atoms with Crippen LogP contribution in [-0.4, -0.2) is 24.6 Å². The summed E-state index contributed by atoms with van der Waals surface area (Å²) in [6.45, 7) is 4.43. The number of ether oxygens (including phenoxy) is 1. The summed E-state index contributed by atoms with van der Waals surface area (Å²) in [7, 11) is 1.39. The lowest BCUT2D eigenvalue weighted by Gasteiger charge is -2.12. The third kappa shape index (κ3) is 2.83. The molecule has 0 saturated heterocycles. The first kappa shape index (κ1) is 11.8. The Bertz CT molecular complexity index is 344. The van der Waals surface area contributed by atoms with Gasteiger partial charge in [-0.3, -0.25) is 4.79 Å². The minimum atomic E-state index is -0.219. The van der Waals surface area contributed by atoms with Crippen molar-refractivity contribution in [1.29, 1.82) is 0 Å². The molecular weight excluding hydrogens is 192 g/mol. The van der Waals surface area contributed by atoms with Crippen LogP contribution >= 0.6 is 0 Å². The molecule has 4 heteroatoms. The van der Waals surface area contributed by atoms with Gasteiger partial charge in [-0.25, -0.2) is 0 Å². The average molecular weight is 210 g/mol. The lowest BCUT2D eigenvalue weighted by molar-refractivity contribution is -0.141. The van der Waals surface area contributed by atoms with Crippen molar-refractivity contribution in [1.82, 2.24) is 4.98 Å². The molecule has 0 aliphatic carbocycles. The topological polar surface area (TPSA) is 68.1 Å². The second-order valence-electron chi connectivity index (χ2n) is 3.75. The summed E-state index contributed by atoms with van der Waals surface area (Å²) in [6.07, 6.45) is 0.338. The molecule has 1 heterocycles. The van der Waals surface area contributed by atoms with Gasteiger partial charge in [0.15, 0.2) is 0 Å². The van der Waals surface area contributed by atoms with Crippen molar-refractivity contribution >= 4 is 5.97 Å². The van der Waals surface area contributed by atoms with Gasteiger partial charge < -0.3 is 15.5 Å². The van der Waals surface area contributed by atoms with E-state index < -0.39 is 0 Å². The third-order valence-corrected chi connectivity index (χ3v) is 2.55. The molecule has 1 aromatic heterocycles. The van der Waals surface area contributed by atoms with Crippen molar-refractivity contribution in [2.75, 3.05) is 13.7 Å². The van der Waals surface area contributed by atoms with Gasteiger partial charge in [0, 0.05) is 17.3 Å². The normalized spacial score (nSPS) is 12.5. The summed E-state index contributed by atoms with van der Waals surface area (Å²) in [5, 5.41) is 0. The first-order chi connectivity index (χ1) is 7.08. The van der Waals surface area contributed by atoms with Gasteiger partial charge in [-0.15, -0.1) is 0 Å². The molecule has 0 aliphatic rings. The molecule has 0 aromatic carbocycles. The lowest BCUT2D eigenvalue weighted by Crippen LogP contribution is -2.17. The number of hydrogen-bond acceptors (Lipinski definition) is 3. The van der Waals surface area contributed by atoms with Crippen LogP contribution < -0.4 is 5.73 Å². The highest BCUT2D eigenvalue weighted by molar-refractivity contribution is 5.70. The van der Waals surface area contributed by atoms with Crippen LogP contribution in [0.5, 0.6) is 0 Å². The van der Waals surface area contributed by atoms with Crippen LogP contribution in [0, 0.1) is 13.8 Å². The van der Waals surface area contributed by atoms with E-state index in [4.69, 9.17) is 5.73 Å². The number of rotatable bonds is 4. The van der Waals surface area contributed by atoms with Crippen LogP contribution in [-0.2, 0) is 9.53 Å². The molecule has 0 fully saturated rings. The number of aromatic amines is 1. The smallest absolute Gasteiger partial charge is 0.306 e. The summed E-state index contributed by atoms with van der Waals surface area (Å²) in [6, 6.07) is 2.04. The second-order valence-corrected chi connectivity index (χ2v) is 3.75. The van der Waals surface area contributed by atoms with Gasteiger partial charge in [-0.1, -0.05) is 0 Å². The van der Waals surface area contributed by atoms with Gasteiger partial charge in [0.25, 0.3) is 0 Å². The number of nitrogens with two attached hydrogens (primary N) is 1. The standard InChI is InChI=1S/C11H18N2O2/c1-7-4-10(8(2)13-7)9(6-12)5-11(14)15-3/h4,9,13H,5-6,12H2,1-3H3. The largest absolute Gasteiger partial charge is 0.469 e. The van der Waals surface area contributed by atoms with E-state index in [2.05, 4.69) is 9.72 Å². The first-order valence-electron chi connectivity index (χ1n) is 5.01. The van der Waals surface area contributed by atoms with Gasteiger partial charge in [0.05, 0.1) is 13.5 Å². The average Bonchev–Trinajstić information content (AvgIpc) is 2.54. The van der Waals surface area contributed by atoms with Gasteiger partial charge in [0.2, 0.25) is 0 Å². The van der Waals surface area contributed by atoms with E-state index in [9.17, 15) is 4.79 Å². The SMILES string of the molecule is COC(=O)CC(CN)c1cc(C)[nH]c1C. The molecule has 4 nitrogen and oxygen atoms in total. The number of aromatic nitrogens is 1. The van der Waals surface area contributed by atoms with Crippen LogP contribution in [0.1, 0.15) is 29.3 Å². The van der Waals surface area contributed by atoms with E-state index in [-0.39, 0.29) is 11.9 Å². The van der Waals surface area contributed by atoms with Crippen molar-refractivity contribution in [2.24, 2.45) is 5.73 Å². The molecule has 0 bridgehead atoms. The molecule has 1 rings (SSSR count). The molecule has 0 radical (unpaired) electrons. The lowest BCUT2D eigenvalue weighted by atomic mass is 9.96. The van der Waals surface area contributed by atoms with Crippen LogP contribution in [0.2, 0.25) is 0 Å². The summed E-state index contributed by atoms with van der Waals surface area (Å²) >= 11 is 0. The highest BCUT2D eigenvalue weighted by Crippen LogP contribution is 2.23. The van der Waals surface area contributed by atoms with E-state index in [1.807, 2.05) is 19.9 Å². The van der Waals surface area contributed by atoms with Gasteiger partial charge in [-0.05, 0) is 32.0 Å². The zero-order valence-corrected chi connectivity index (χ0v) is 9.46. The second kappa shape index (κ2) is 4.98. The molecular formula is C11H18N2O2. The number of esters is 1. The minimum Gasteiger partial charge on any atom is -0.469 e. The van der Waals surface area contributed by atoms with E-state index in [1.165, 1.54) is 7.11 Å². The number of hydrogen-bond donors (Lipinski definition) is 2. The monoisotopic (exact) mass is 210 g/mol. The molecule has 1 atom stereocenters. The Hall–Kier alpha value is -1.29. The Morgan fingerprint density at radius 3 is 2.67 bits per heavy atom. The van der Waals surface area contributed by atoms with Crippen molar-refractivity contribution in [2.45, 2.75) is 26.2 Å². The predicted octanol–water partition coefficient (Wildman–Crippen LogP) is 1.24. The number of aryl methyl sites for hydroxylation is 2. The molecule has 15 heavy (non-hydrogen) atoms. The minimum absolute atomic E-state index is 0.0439. The van der Waals surface area contributed by atoms with E-state index >= 15 is 0 Å². The van der Waals surface area contributed by atoms with Gasteiger partial charge >= 0.3 is 5.97 Å². The van der Waals surface area contributed by atoms with Crippen LogP contribution in [0.4, 0.5) is 0 Å². The predicted molar refractivity (Wildman–Crippen MR) is 58.7 cm³/mol. The van der Waals surface area contributed by atoms with Gasteiger partial charge in [-0.2, -0.15) is 0 Å². The maximum atomic E-state index is 11.2. The van der Waals surface area contributed by atoms with Crippen molar-refractivity contribution in [3.63, 3.8) is 0 Å². The summed E-state index contributed by atoms with van der Waals surface area (Å²) in [5.74, 6) is -0.175. The number of carbonyl (C=O) groups excluding carboxylic acids is 1. The van der Waals surface area contributed by atoms with Crippen molar-refractivity contribution in [3.8, 4) is 0 Å². The Morgan fingerprint density at radius 1 is 1.60 bits per heavy atom. The third-order valence-electron chi connectivity index (χ3n) is 2.55. The fourth-order valence-electron chi connectivity index (χ4n) is 1.77. The number of nitrogens with one attached hydrogen (secondary N) is 1. The van der Waals surface area contributed by atoms with Crippen LogP contribution in [0.3, 0.4) is 0 Å². The van der Waals surface area contributed by atoms with Crippen molar-refractivity contribution in [3.05, 3.63) is 23.0 Å². The molecule has 1 unspecified atom stereocenters. The first-order valence-corrected chi connectivity index (χ1v) is 5.01. The maximum absolute atomic E-state index is 11.2. The number of methoxy groups -OCH3 is 1. The number of carbonyl (C=O) groups is 1. The zero-order chi connectivity index (χ0) is 11.4. The molecule has 0 spiro atoms. The highest BCUT2D eigenvalue weighted by Gasteiger charge is 2.18.